The van der Waals surface area contributed by atoms with Crippen LogP contribution in [0, 0.1) is 12.7 Å². The van der Waals surface area contributed by atoms with Gasteiger partial charge in [0.2, 0.25) is 18.3 Å². The smallest absolute Gasteiger partial charge is 0.407 e. The number of pyridine rings is 1. The number of carbonyl (C=O) groups excluding carboxylic acids is 6. The zero-order chi connectivity index (χ0) is 49.6. The molecule has 22 heteroatoms. The van der Waals surface area contributed by atoms with Crippen molar-refractivity contribution in [2.45, 2.75) is 109 Å². The molecule has 8 rings (SSSR count). The van der Waals surface area contributed by atoms with E-state index in [1.165, 1.54) is 31.3 Å². The van der Waals surface area contributed by atoms with E-state index in [9.17, 15) is 43.8 Å². The molecule has 0 radical (unpaired) electrons. The molecule has 0 spiro atoms. The summed E-state index contributed by atoms with van der Waals surface area (Å²) in [4.78, 5) is 95.5. The van der Waals surface area contributed by atoms with Gasteiger partial charge in [0.25, 0.3) is 0 Å². The van der Waals surface area contributed by atoms with E-state index < -0.39 is 90.0 Å². The molecule has 1 aromatic heterocycles. The molecule has 5 N–H and O–H groups in total. The summed E-state index contributed by atoms with van der Waals surface area (Å²) in [7, 11) is 1.53. The SMILES string of the molecule is CC[C@@]1(O)C(=O)OCC2=C1C=C1c3nc4cc(F)c(C)c5c4c(c3CN1C2)[C@@H](NC(=O)OCc1ccc(O[C@@H]2OC(C(=O)O)[C@@H](OC(C)=O)C(OC(C)=O)C2OC(C)=O)c(NC(=O)CNC)c1)CC5. The van der Waals surface area contributed by atoms with Crippen molar-refractivity contribution >= 4 is 64.1 Å². The summed E-state index contributed by atoms with van der Waals surface area (Å²) >= 11 is 0. The van der Waals surface area contributed by atoms with Crippen molar-refractivity contribution in [3.8, 4) is 5.75 Å². The van der Waals surface area contributed by atoms with E-state index in [2.05, 4.69) is 16.0 Å². The Morgan fingerprint density at radius 3 is 2.38 bits per heavy atom. The van der Waals surface area contributed by atoms with Crippen molar-refractivity contribution in [1.29, 1.82) is 0 Å². The summed E-state index contributed by atoms with van der Waals surface area (Å²) < 4.78 is 54.3. The van der Waals surface area contributed by atoms with Crippen LogP contribution in [0.5, 0.6) is 5.75 Å². The van der Waals surface area contributed by atoms with Crippen molar-refractivity contribution < 1.29 is 81.3 Å². The molecule has 3 unspecified atom stereocenters. The number of ether oxygens (including phenoxy) is 7. The molecular weight excluding hydrogens is 910 g/mol. The van der Waals surface area contributed by atoms with E-state index in [0.717, 1.165) is 48.4 Å². The highest BCUT2D eigenvalue weighted by Gasteiger charge is 2.56. The lowest BCUT2D eigenvalue weighted by Crippen LogP contribution is -2.64. The van der Waals surface area contributed by atoms with Crippen LogP contribution in [0.25, 0.3) is 16.6 Å². The second-order valence-corrected chi connectivity index (χ2v) is 17.2. The number of amides is 2. The van der Waals surface area contributed by atoms with Crippen LogP contribution in [0.4, 0.5) is 14.9 Å². The molecule has 0 saturated carbocycles. The highest BCUT2D eigenvalue weighted by atomic mass is 19.1. The first-order chi connectivity index (χ1) is 32.8. The van der Waals surface area contributed by atoms with E-state index >= 15 is 4.39 Å². The number of aryl methyl sites for hydroxylation is 1. The van der Waals surface area contributed by atoms with Gasteiger partial charge in [-0.3, -0.25) is 19.2 Å². The van der Waals surface area contributed by atoms with Gasteiger partial charge >= 0.3 is 35.9 Å². The fourth-order valence-electron chi connectivity index (χ4n) is 9.57. The number of likely N-dealkylation sites (N-methyl/N-ethyl adjacent to an activating group) is 1. The van der Waals surface area contributed by atoms with Crippen molar-refractivity contribution in [3.63, 3.8) is 0 Å². The lowest BCUT2D eigenvalue weighted by molar-refractivity contribution is -0.281. The van der Waals surface area contributed by atoms with Gasteiger partial charge in [0, 0.05) is 56.4 Å². The predicted octanol–water partition coefficient (Wildman–Crippen LogP) is 2.90. The van der Waals surface area contributed by atoms with Crippen LogP contribution >= 0.6 is 0 Å². The number of aliphatic carboxylic acids is 1. The quantitative estimate of drug-likeness (QED) is 0.122. The van der Waals surface area contributed by atoms with Crippen LogP contribution in [0.15, 0.2) is 41.5 Å². The van der Waals surface area contributed by atoms with Crippen molar-refractivity contribution in [2.75, 3.05) is 32.1 Å². The van der Waals surface area contributed by atoms with Gasteiger partial charge in [-0.25, -0.2) is 23.8 Å². The van der Waals surface area contributed by atoms with Crippen LogP contribution in [-0.2, 0) is 76.8 Å². The van der Waals surface area contributed by atoms with Crippen molar-refractivity contribution in [3.05, 3.63) is 80.8 Å². The molecule has 2 aromatic carbocycles. The topological polar surface area (TPSA) is 277 Å². The number of esters is 4. The van der Waals surface area contributed by atoms with Gasteiger partial charge in [0.05, 0.1) is 35.2 Å². The number of carboxylic acid groups (broad SMARTS) is 1. The van der Waals surface area contributed by atoms with Crippen molar-refractivity contribution in [1.82, 2.24) is 20.5 Å². The van der Waals surface area contributed by atoms with Crippen LogP contribution in [0.3, 0.4) is 0 Å². The lowest BCUT2D eigenvalue weighted by Gasteiger charge is -2.42. The minimum atomic E-state index is -1.99. The minimum Gasteiger partial charge on any atom is -0.479 e. The number of aromatic nitrogens is 1. The number of hydrogen-bond donors (Lipinski definition) is 5. The summed E-state index contributed by atoms with van der Waals surface area (Å²) in [5, 5.41) is 30.6. The molecule has 4 aliphatic heterocycles. The number of carbonyl (C=O) groups is 7. The highest BCUT2D eigenvalue weighted by molar-refractivity contribution is 5.95. The van der Waals surface area contributed by atoms with E-state index in [0.29, 0.717) is 59.5 Å². The van der Waals surface area contributed by atoms with Gasteiger partial charge in [-0.15, -0.1) is 0 Å². The first-order valence-electron chi connectivity index (χ1n) is 22.1. The van der Waals surface area contributed by atoms with Crippen LogP contribution in [0.2, 0.25) is 0 Å². The Morgan fingerprint density at radius 2 is 1.70 bits per heavy atom. The highest BCUT2D eigenvalue weighted by Crippen LogP contribution is 2.48. The fraction of sp³-hybridized carbons (Fsp3) is 0.447. The number of aliphatic hydroxyl groups is 1. The molecule has 7 atom stereocenters. The molecule has 1 aliphatic carbocycles. The number of rotatable bonds is 13. The van der Waals surface area contributed by atoms with E-state index in [1.54, 1.807) is 19.9 Å². The molecule has 366 valence electrons. The number of fused-ring (bicyclic) bond motifs is 4. The normalized spacial score (nSPS) is 24.4. The molecule has 1 fully saturated rings. The number of alkyl carbamates (subject to hydrolysis) is 1. The van der Waals surface area contributed by atoms with Gasteiger partial charge in [-0.2, -0.15) is 0 Å². The predicted molar refractivity (Wildman–Crippen MR) is 235 cm³/mol. The molecular formula is C47H50FN5O16. The Kier molecular flexibility index (Phi) is 13.4. The zero-order valence-corrected chi connectivity index (χ0v) is 38.4. The molecule has 5 aliphatic rings. The second kappa shape index (κ2) is 19.1. The largest absolute Gasteiger partial charge is 0.479 e. The average molecular weight is 960 g/mol. The van der Waals surface area contributed by atoms with Gasteiger partial charge in [-0.05, 0) is 79.3 Å². The first-order valence-corrected chi connectivity index (χ1v) is 22.1. The number of anilines is 1. The Hall–Kier alpha value is -7.17. The summed E-state index contributed by atoms with van der Waals surface area (Å²) in [6.07, 6.45) is -7.16. The number of nitrogens with one attached hydrogen (secondary N) is 3. The van der Waals surface area contributed by atoms with E-state index in [-0.39, 0.29) is 37.6 Å². The number of carboxylic acids is 1. The Morgan fingerprint density at radius 1 is 0.986 bits per heavy atom. The minimum absolute atomic E-state index is 0.0172. The molecule has 0 bridgehead atoms. The molecule has 1 saturated heterocycles. The van der Waals surface area contributed by atoms with Gasteiger partial charge in [0.15, 0.2) is 23.9 Å². The van der Waals surface area contributed by atoms with E-state index in [4.69, 9.17) is 38.1 Å². The van der Waals surface area contributed by atoms with E-state index in [1.807, 2.05) is 4.90 Å². The number of benzene rings is 2. The zero-order valence-electron chi connectivity index (χ0n) is 38.4. The maximum Gasteiger partial charge on any atom is 0.407 e. The summed E-state index contributed by atoms with van der Waals surface area (Å²) in [5.74, 6) is -6.28. The average Bonchev–Trinajstić information content (AvgIpc) is 3.64. The van der Waals surface area contributed by atoms with Gasteiger partial charge in [-0.1, -0.05) is 13.0 Å². The van der Waals surface area contributed by atoms with Crippen molar-refractivity contribution in [2.24, 2.45) is 0 Å². The Labute approximate surface area is 393 Å². The Balaban J connectivity index is 1.06. The number of cyclic esters (lactones) is 1. The molecule has 5 heterocycles. The lowest BCUT2D eigenvalue weighted by atomic mass is 9.81. The van der Waals surface area contributed by atoms with Crippen LogP contribution < -0.4 is 20.7 Å². The maximum atomic E-state index is 15.5. The number of nitrogens with zero attached hydrogens (tertiary/aromatic N) is 2. The third-order valence-electron chi connectivity index (χ3n) is 12.6. The Bertz CT molecular complexity index is 2760. The summed E-state index contributed by atoms with van der Waals surface area (Å²) in [6.45, 7) is 6.66. The summed E-state index contributed by atoms with van der Waals surface area (Å²) in [5.41, 5.74) is 4.06. The second-order valence-electron chi connectivity index (χ2n) is 17.2. The standard InChI is InChI=1S/C47H50FN5O16/c1-7-47(62)28-13-33-38-27(17-53(33)16-25(28)19-63-45(47)60)37-30(10-9-26-20(2)29(48)14-32(51-38)36(26)37)52-46(61)64-18-24-8-11-34(31(12-24)50-35(57)15-49-6)68-44-42(67-23(5)56)40(66-22(4)55)39(65-21(3)54)41(69-44)43(58)59/h8,11-14,30,39-42,44,49,62H,7,9-10,15-19H2,1-6H3,(H,50,57)(H,52,61)(H,58,59)/t30-,39-,40?,41?,42?,44+,47-/m0/s1. The maximum absolute atomic E-state index is 15.5. The van der Waals surface area contributed by atoms with Crippen LogP contribution in [0.1, 0.15) is 80.1 Å². The van der Waals surface area contributed by atoms with Gasteiger partial charge < -0.3 is 64.2 Å². The third-order valence-corrected chi connectivity index (χ3v) is 12.6. The summed E-state index contributed by atoms with van der Waals surface area (Å²) in [6, 6.07) is 5.00. The molecule has 3 aromatic rings. The number of halogens is 1. The monoisotopic (exact) mass is 959 g/mol. The van der Waals surface area contributed by atoms with Gasteiger partial charge in [0.1, 0.15) is 24.8 Å². The number of hydrogen-bond acceptors (Lipinski definition) is 18. The molecule has 69 heavy (non-hydrogen) atoms. The molecule has 21 nitrogen and oxygen atoms in total. The fourth-order valence-corrected chi connectivity index (χ4v) is 9.57. The molecule has 2 amide bonds. The first kappa shape index (κ1) is 48.3. The van der Waals surface area contributed by atoms with Crippen LogP contribution in [-0.4, -0.2) is 125 Å². The third kappa shape index (κ3) is 9.25.